The molecule has 2 heterocycles. The van der Waals surface area contributed by atoms with Gasteiger partial charge in [-0.2, -0.15) is 9.78 Å². The van der Waals surface area contributed by atoms with Gasteiger partial charge in [0.05, 0.1) is 27.0 Å². The standard InChI is InChI=1S/C20H20N4O3S/c1-12-6-5-7-13(8-12)15-11-28-20-22-21-19(24(20)23-15)14-9-16(25-2)18(27-4)17(10-14)26-3/h5-10H,11H2,1-4H3. The van der Waals surface area contributed by atoms with Crippen molar-refractivity contribution in [1.82, 2.24) is 14.9 Å². The summed E-state index contributed by atoms with van der Waals surface area (Å²) in [4.78, 5) is 0. The lowest BCUT2D eigenvalue weighted by molar-refractivity contribution is 0.324. The molecule has 0 spiro atoms. The van der Waals surface area contributed by atoms with Crippen molar-refractivity contribution in [2.24, 2.45) is 5.10 Å². The van der Waals surface area contributed by atoms with Gasteiger partial charge in [0.25, 0.3) is 0 Å². The van der Waals surface area contributed by atoms with E-state index in [4.69, 9.17) is 19.3 Å². The first-order valence-electron chi connectivity index (χ1n) is 8.68. The number of nitrogens with zero attached hydrogens (tertiary/aromatic N) is 4. The minimum atomic E-state index is 0.533. The van der Waals surface area contributed by atoms with Crippen LogP contribution in [0, 0.1) is 6.92 Å². The number of methoxy groups -OCH3 is 3. The lowest BCUT2D eigenvalue weighted by Gasteiger charge is -2.16. The lowest BCUT2D eigenvalue weighted by atomic mass is 10.1. The number of thioether (sulfide) groups is 1. The monoisotopic (exact) mass is 396 g/mol. The summed E-state index contributed by atoms with van der Waals surface area (Å²) in [5, 5.41) is 14.2. The van der Waals surface area contributed by atoms with Crippen molar-refractivity contribution < 1.29 is 14.2 Å². The number of hydrogen-bond acceptors (Lipinski definition) is 7. The predicted octanol–water partition coefficient (Wildman–Crippen LogP) is 3.64. The molecule has 7 nitrogen and oxygen atoms in total. The molecule has 144 valence electrons. The van der Waals surface area contributed by atoms with Crippen LogP contribution in [-0.4, -0.2) is 47.7 Å². The van der Waals surface area contributed by atoms with E-state index in [1.54, 1.807) is 37.8 Å². The summed E-state index contributed by atoms with van der Waals surface area (Å²) in [5.74, 6) is 3.01. The predicted molar refractivity (Wildman–Crippen MR) is 109 cm³/mol. The van der Waals surface area contributed by atoms with Crippen LogP contribution < -0.4 is 14.2 Å². The highest BCUT2D eigenvalue weighted by molar-refractivity contribution is 7.99. The van der Waals surface area contributed by atoms with E-state index in [1.165, 1.54) is 5.56 Å². The van der Waals surface area contributed by atoms with E-state index < -0.39 is 0 Å². The topological polar surface area (TPSA) is 70.8 Å². The Hall–Kier alpha value is -3.00. The van der Waals surface area contributed by atoms with Crippen molar-refractivity contribution in [2.45, 2.75) is 12.1 Å². The molecule has 0 saturated heterocycles. The fraction of sp³-hybridized carbons (Fsp3) is 0.250. The quantitative estimate of drug-likeness (QED) is 0.656. The molecule has 0 saturated carbocycles. The molecule has 2 aromatic carbocycles. The Kier molecular flexibility index (Phi) is 4.95. The molecule has 0 radical (unpaired) electrons. The summed E-state index contributed by atoms with van der Waals surface area (Å²) < 4.78 is 18.1. The van der Waals surface area contributed by atoms with Crippen molar-refractivity contribution in [2.75, 3.05) is 27.1 Å². The van der Waals surface area contributed by atoms with Gasteiger partial charge in [-0.3, -0.25) is 0 Å². The molecule has 0 fully saturated rings. The smallest absolute Gasteiger partial charge is 0.212 e. The van der Waals surface area contributed by atoms with E-state index in [1.807, 2.05) is 18.2 Å². The summed E-state index contributed by atoms with van der Waals surface area (Å²) in [6.07, 6.45) is 0. The molecule has 0 amide bonds. The minimum Gasteiger partial charge on any atom is -0.493 e. The average Bonchev–Trinajstić information content (AvgIpc) is 3.15. The summed E-state index contributed by atoms with van der Waals surface area (Å²) >= 11 is 1.61. The Bertz CT molecular complexity index is 1040. The van der Waals surface area contributed by atoms with Gasteiger partial charge in [-0.1, -0.05) is 41.6 Å². The third-order valence-corrected chi connectivity index (χ3v) is 5.38. The van der Waals surface area contributed by atoms with E-state index in [-0.39, 0.29) is 0 Å². The van der Waals surface area contributed by atoms with E-state index in [2.05, 4.69) is 35.3 Å². The molecule has 0 aliphatic carbocycles. The SMILES string of the molecule is COc1cc(-c2nnc3n2N=C(c2cccc(C)c2)CS3)cc(OC)c1OC. The van der Waals surface area contributed by atoms with Crippen LogP contribution in [0.15, 0.2) is 46.7 Å². The first kappa shape index (κ1) is 18.4. The third-order valence-electron chi connectivity index (χ3n) is 4.45. The average molecular weight is 396 g/mol. The van der Waals surface area contributed by atoms with E-state index in [9.17, 15) is 0 Å². The Morgan fingerprint density at radius 3 is 2.32 bits per heavy atom. The van der Waals surface area contributed by atoms with Crippen LogP contribution >= 0.6 is 11.8 Å². The maximum atomic E-state index is 5.46. The molecule has 4 rings (SSSR count). The molecular weight excluding hydrogens is 376 g/mol. The molecule has 0 atom stereocenters. The van der Waals surface area contributed by atoms with Gasteiger partial charge < -0.3 is 14.2 Å². The molecule has 0 bridgehead atoms. The number of fused-ring (bicyclic) bond motifs is 1. The van der Waals surface area contributed by atoms with Crippen LogP contribution in [0.25, 0.3) is 11.4 Å². The first-order chi connectivity index (χ1) is 13.6. The lowest BCUT2D eigenvalue weighted by Crippen LogP contribution is -2.14. The van der Waals surface area contributed by atoms with Crippen LogP contribution in [0.4, 0.5) is 0 Å². The summed E-state index contributed by atoms with van der Waals surface area (Å²) in [5.41, 5.74) is 4.06. The highest BCUT2D eigenvalue weighted by Gasteiger charge is 2.23. The van der Waals surface area contributed by atoms with Crippen LogP contribution in [0.2, 0.25) is 0 Å². The Morgan fingerprint density at radius 1 is 0.929 bits per heavy atom. The molecule has 3 aromatic rings. The van der Waals surface area contributed by atoms with Gasteiger partial charge in [0.15, 0.2) is 17.3 Å². The summed E-state index contributed by atoms with van der Waals surface area (Å²) in [6, 6.07) is 12.0. The first-order valence-corrected chi connectivity index (χ1v) is 9.66. The van der Waals surface area contributed by atoms with Gasteiger partial charge in [-0.05, 0) is 24.6 Å². The molecule has 28 heavy (non-hydrogen) atoms. The second kappa shape index (κ2) is 7.55. The van der Waals surface area contributed by atoms with Crippen molar-refractivity contribution in [3.05, 3.63) is 47.5 Å². The number of rotatable bonds is 5. The van der Waals surface area contributed by atoms with Gasteiger partial charge in [0.1, 0.15) is 0 Å². The van der Waals surface area contributed by atoms with Crippen LogP contribution in [0.5, 0.6) is 17.2 Å². The maximum absolute atomic E-state index is 5.46. The van der Waals surface area contributed by atoms with Crippen molar-refractivity contribution in [3.8, 4) is 28.6 Å². The zero-order valence-corrected chi connectivity index (χ0v) is 16.9. The zero-order chi connectivity index (χ0) is 19.7. The molecule has 0 N–H and O–H groups in total. The second-order valence-corrected chi connectivity index (χ2v) is 7.18. The van der Waals surface area contributed by atoms with E-state index >= 15 is 0 Å². The normalized spacial score (nSPS) is 12.9. The van der Waals surface area contributed by atoms with E-state index in [0.29, 0.717) is 23.1 Å². The number of aromatic nitrogens is 3. The van der Waals surface area contributed by atoms with E-state index in [0.717, 1.165) is 27.7 Å². The summed E-state index contributed by atoms with van der Waals surface area (Å²) in [6.45, 7) is 2.07. The van der Waals surface area contributed by atoms with Crippen LogP contribution in [0.1, 0.15) is 11.1 Å². The van der Waals surface area contributed by atoms with Gasteiger partial charge in [0.2, 0.25) is 10.9 Å². The van der Waals surface area contributed by atoms with Gasteiger partial charge in [-0.15, -0.1) is 10.2 Å². The zero-order valence-electron chi connectivity index (χ0n) is 16.1. The molecule has 1 aromatic heterocycles. The fourth-order valence-corrected chi connectivity index (χ4v) is 3.92. The highest BCUT2D eigenvalue weighted by atomic mass is 32.2. The van der Waals surface area contributed by atoms with Crippen LogP contribution in [0.3, 0.4) is 0 Å². The highest BCUT2D eigenvalue weighted by Crippen LogP contribution is 2.41. The van der Waals surface area contributed by atoms with Gasteiger partial charge in [0, 0.05) is 11.3 Å². The van der Waals surface area contributed by atoms with Crippen molar-refractivity contribution >= 4 is 17.5 Å². The molecule has 1 aliphatic rings. The molecular formula is C20H20N4O3S. The molecule has 8 heteroatoms. The summed E-state index contributed by atoms with van der Waals surface area (Å²) in [7, 11) is 4.75. The number of benzene rings is 2. The minimum absolute atomic E-state index is 0.533. The van der Waals surface area contributed by atoms with Crippen molar-refractivity contribution in [1.29, 1.82) is 0 Å². The Balaban J connectivity index is 1.82. The fourth-order valence-electron chi connectivity index (χ4n) is 3.08. The molecule has 1 aliphatic heterocycles. The van der Waals surface area contributed by atoms with Gasteiger partial charge >= 0.3 is 0 Å². The number of hydrogen-bond donors (Lipinski definition) is 0. The maximum Gasteiger partial charge on any atom is 0.212 e. The second-order valence-electron chi connectivity index (χ2n) is 6.24. The number of ether oxygens (including phenoxy) is 3. The van der Waals surface area contributed by atoms with Crippen LogP contribution in [-0.2, 0) is 0 Å². The Morgan fingerprint density at radius 2 is 1.68 bits per heavy atom. The molecule has 0 unspecified atom stereocenters. The third kappa shape index (κ3) is 3.20. The van der Waals surface area contributed by atoms with Gasteiger partial charge in [-0.25, -0.2) is 0 Å². The Labute approximate surface area is 167 Å². The largest absolute Gasteiger partial charge is 0.493 e. The van der Waals surface area contributed by atoms with Crippen molar-refractivity contribution in [3.63, 3.8) is 0 Å². The number of aryl methyl sites for hydroxylation is 1.